The summed E-state index contributed by atoms with van der Waals surface area (Å²) in [6.07, 6.45) is 4.85. The summed E-state index contributed by atoms with van der Waals surface area (Å²) in [7, 11) is 0. The van der Waals surface area contributed by atoms with Gasteiger partial charge in [0.1, 0.15) is 22.6 Å². The zero-order chi connectivity index (χ0) is 34.4. The SMILES string of the molecule is CCc1ccc(Cn2c(C)cc(OCc3ccccc3C/C=C/C(=O)Nc3cc(C(C)(C)C)nn3-c3cccc(Cl)c3)c(Br)c2=O)cc1. The second-order valence-corrected chi connectivity index (χ2v) is 14.0. The van der Waals surface area contributed by atoms with Gasteiger partial charge in [-0.05, 0) is 82.2 Å². The van der Waals surface area contributed by atoms with Gasteiger partial charge in [-0.25, -0.2) is 4.68 Å². The number of carbonyl (C=O) groups excluding carboxylic acids is 1. The average Bonchev–Trinajstić information content (AvgIpc) is 3.49. The van der Waals surface area contributed by atoms with Crippen LogP contribution in [0.15, 0.2) is 106 Å². The third kappa shape index (κ3) is 8.54. The van der Waals surface area contributed by atoms with E-state index in [9.17, 15) is 9.59 Å². The molecule has 0 spiro atoms. The van der Waals surface area contributed by atoms with Crippen LogP contribution in [-0.4, -0.2) is 20.3 Å². The molecule has 1 N–H and O–H groups in total. The Morgan fingerprint density at radius 2 is 1.69 bits per heavy atom. The summed E-state index contributed by atoms with van der Waals surface area (Å²) >= 11 is 9.73. The van der Waals surface area contributed by atoms with Crippen LogP contribution in [-0.2, 0) is 36.2 Å². The van der Waals surface area contributed by atoms with E-state index in [-0.39, 0.29) is 23.5 Å². The van der Waals surface area contributed by atoms with E-state index in [1.165, 1.54) is 11.6 Å². The standard InChI is InChI=1S/C39H40BrClN4O3/c1-6-27-17-19-28(20-18-27)24-44-26(2)21-33(37(40)38(44)47)48-25-30-12-8-7-11-29(30)13-9-16-36(46)42-35-23-34(39(3,4)5)43-45(35)32-15-10-14-31(41)22-32/h7-12,14-23H,6,13,24-25H2,1-5H3,(H,42,46)/b16-9+. The number of nitrogens with zero attached hydrogens (tertiary/aromatic N) is 3. The Morgan fingerprint density at radius 3 is 2.38 bits per heavy atom. The lowest BCUT2D eigenvalue weighted by molar-refractivity contribution is -0.112. The number of hydrogen-bond acceptors (Lipinski definition) is 4. The highest BCUT2D eigenvalue weighted by molar-refractivity contribution is 9.10. The first-order valence-electron chi connectivity index (χ1n) is 15.9. The van der Waals surface area contributed by atoms with Crippen LogP contribution in [0.25, 0.3) is 5.69 Å². The summed E-state index contributed by atoms with van der Waals surface area (Å²) in [5.41, 5.74) is 6.36. The van der Waals surface area contributed by atoms with E-state index in [1.54, 1.807) is 15.3 Å². The molecule has 2 aromatic heterocycles. The first kappa shape index (κ1) is 34.9. The van der Waals surface area contributed by atoms with Crippen molar-refractivity contribution in [3.63, 3.8) is 0 Å². The average molecular weight is 728 g/mol. The van der Waals surface area contributed by atoms with Crippen LogP contribution in [0, 0.1) is 6.92 Å². The zero-order valence-electron chi connectivity index (χ0n) is 27.9. The van der Waals surface area contributed by atoms with Crippen molar-refractivity contribution >= 4 is 39.3 Å². The molecule has 0 saturated carbocycles. The second-order valence-electron chi connectivity index (χ2n) is 12.7. The van der Waals surface area contributed by atoms with E-state index in [2.05, 4.69) is 73.2 Å². The molecule has 248 valence electrons. The number of aryl methyl sites for hydroxylation is 2. The minimum absolute atomic E-state index is 0.141. The molecule has 2 heterocycles. The summed E-state index contributed by atoms with van der Waals surface area (Å²) in [4.78, 5) is 26.4. The van der Waals surface area contributed by atoms with Gasteiger partial charge in [0.05, 0.1) is 17.9 Å². The topological polar surface area (TPSA) is 78.2 Å². The Kier molecular flexibility index (Phi) is 11.1. The van der Waals surface area contributed by atoms with Crippen LogP contribution < -0.4 is 15.6 Å². The van der Waals surface area contributed by atoms with Gasteiger partial charge in [-0.1, -0.05) is 100.0 Å². The molecule has 5 rings (SSSR count). The van der Waals surface area contributed by atoms with Crippen LogP contribution in [0.2, 0.25) is 5.02 Å². The molecule has 7 nitrogen and oxygen atoms in total. The summed E-state index contributed by atoms with van der Waals surface area (Å²) in [5, 5.41) is 8.32. The van der Waals surface area contributed by atoms with Gasteiger partial charge in [0, 0.05) is 28.3 Å². The Balaban J connectivity index is 1.26. The number of carbonyl (C=O) groups is 1. The number of ether oxygens (including phenoxy) is 1. The number of anilines is 1. The highest BCUT2D eigenvalue weighted by Gasteiger charge is 2.21. The van der Waals surface area contributed by atoms with Crippen LogP contribution in [0.1, 0.15) is 61.3 Å². The lowest BCUT2D eigenvalue weighted by atomic mass is 9.92. The van der Waals surface area contributed by atoms with Crippen molar-refractivity contribution in [2.24, 2.45) is 0 Å². The summed E-state index contributed by atoms with van der Waals surface area (Å²) in [5.74, 6) is 0.780. The molecule has 3 aromatic carbocycles. The Hall–Kier alpha value is -4.40. The predicted molar refractivity (Wildman–Crippen MR) is 198 cm³/mol. The molecule has 0 aliphatic heterocycles. The van der Waals surface area contributed by atoms with E-state index >= 15 is 0 Å². The lowest BCUT2D eigenvalue weighted by Crippen LogP contribution is -2.24. The normalized spacial score (nSPS) is 11.6. The largest absolute Gasteiger partial charge is 0.487 e. The maximum Gasteiger partial charge on any atom is 0.269 e. The summed E-state index contributed by atoms with van der Waals surface area (Å²) < 4.78 is 10.0. The van der Waals surface area contributed by atoms with Gasteiger partial charge in [-0.3, -0.25) is 9.59 Å². The van der Waals surface area contributed by atoms with Crippen molar-refractivity contribution < 1.29 is 9.53 Å². The first-order valence-corrected chi connectivity index (χ1v) is 17.1. The molecular weight excluding hydrogens is 688 g/mol. The fourth-order valence-electron chi connectivity index (χ4n) is 5.23. The van der Waals surface area contributed by atoms with Crippen molar-refractivity contribution in [1.29, 1.82) is 0 Å². The monoisotopic (exact) mass is 726 g/mol. The van der Waals surface area contributed by atoms with E-state index < -0.39 is 0 Å². The van der Waals surface area contributed by atoms with Crippen molar-refractivity contribution in [3.05, 3.63) is 151 Å². The number of allylic oxidation sites excluding steroid dienone is 1. The number of halogens is 2. The fraction of sp³-hybridized carbons (Fsp3) is 0.256. The van der Waals surface area contributed by atoms with Crippen LogP contribution in [0.3, 0.4) is 0 Å². The molecule has 0 fully saturated rings. The van der Waals surface area contributed by atoms with E-state index in [0.29, 0.717) is 34.0 Å². The number of aromatic nitrogens is 3. The number of nitrogens with one attached hydrogen (secondary N) is 1. The quantitative estimate of drug-likeness (QED) is 0.138. The van der Waals surface area contributed by atoms with Crippen molar-refractivity contribution in [2.45, 2.75) is 66.0 Å². The molecule has 9 heteroatoms. The van der Waals surface area contributed by atoms with E-state index in [4.69, 9.17) is 21.4 Å². The minimum Gasteiger partial charge on any atom is -0.487 e. The van der Waals surface area contributed by atoms with Gasteiger partial charge in [0.2, 0.25) is 5.91 Å². The Morgan fingerprint density at radius 1 is 0.979 bits per heavy atom. The molecule has 0 aliphatic rings. The first-order chi connectivity index (χ1) is 22.9. The van der Waals surface area contributed by atoms with E-state index in [0.717, 1.165) is 40.2 Å². The molecule has 48 heavy (non-hydrogen) atoms. The molecule has 5 aromatic rings. The van der Waals surface area contributed by atoms with Gasteiger partial charge in [0.15, 0.2) is 0 Å². The van der Waals surface area contributed by atoms with Gasteiger partial charge in [0.25, 0.3) is 5.56 Å². The summed E-state index contributed by atoms with van der Waals surface area (Å²) in [6.45, 7) is 11.0. The number of benzene rings is 3. The minimum atomic E-state index is -0.270. The van der Waals surface area contributed by atoms with Gasteiger partial charge in [-0.2, -0.15) is 5.10 Å². The lowest BCUT2D eigenvalue weighted by Gasteiger charge is -2.16. The third-order valence-corrected chi connectivity index (χ3v) is 9.04. The smallest absolute Gasteiger partial charge is 0.269 e. The summed E-state index contributed by atoms with van der Waals surface area (Å²) in [6, 6.07) is 27.4. The second kappa shape index (κ2) is 15.2. The van der Waals surface area contributed by atoms with Crippen LogP contribution in [0.4, 0.5) is 5.82 Å². The van der Waals surface area contributed by atoms with Gasteiger partial charge < -0.3 is 14.6 Å². The van der Waals surface area contributed by atoms with Gasteiger partial charge >= 0.3 is 0 Å². The maximum atomic E-state index is 13.3. The zero-order valence-corrected chi connectivity index (χ0v) is 30.2. The molecule has 0 atom stereocenters. The van der Waals surface area contributed by atoms with Crippen molar-refractivity contribution in [1.82, 2.24) is 14.3 Å². The number of amides is 1. The number of rotatable bonds is 11. The molecule has 0 bridgehead atoms. The van der Waals surface area contributed by atoms with Gasteiger partial charge in [-0.15, -0.1) is 0 Å². The highest BCUT2D eigenvalue weighted by atomic mass is 79.9. The Labute approximate surface area is 295 Å². The number of pyridine rings is 1. The predicted octanol–water partition coefficient (Wildman–Crippen LogP) is 8.98. The molecule has 0 saturated heterocycles. The van der Waals surface area contributed by atoms with Crippen LogP contribution in [0.5, 0.6) is 5.75 Å². The molecular formula is C39H40BrClN4O3. The van der Waals surface area contributed by atoms with Crippen LogP contribution >= 0.6 is 27.5 Å². The van der Waals surface area contributed by atoms with Crippen molar-refractivity contribution in [3.8, 4) is 11.4 Å². The molecule has 1 amide bonds. The van der Waals surface area contributed by atoms with Crippen molar-refractivity contribution in [2.75, 3.05) is 5.32 Å². The molecule has 0 unspecified atom stereocenters. The number of hydrogen-bond donors (Lipinski definition) is 1. The fourth-order valence-corrected chi connectivity index (χ4v) is 5.86. The Bertz CT molecular complexity index is 2010. The third-order valence-electron chi connectivity index (χ3n) is 8.08. The van der Waals surface area contributed by atoms with E-state index in [1.807, 2.05) is 67.6 Å². The highest BCUT2D eigenvalue weighted by Crippen LogP contribution is 2.28. The molecule has 0 aliphatic carbocycles. The maximum absolute atomic E-state index is 13.3. The molecule has 0 radical (unpaired) electrons.